The molecule has 0 bridgehead atoms. The Morgan fingerprint density at radius 3 is 0.707 bits per heavy atom. The van der Waals surface area contributed by atoms with Crippen LogP contribution in [0.4, 0.5) is 0 Å². The molecule has 0 aliphatic heterocycles. The first-order valence-corrected chi connectivity index (χ1v) is 23.0. The molecule has 0 radical (unpaired) electrons. The molecule has 14 heteroatoms. The van der Waals surface area contributed by atoms with Crippen LogP contribution in [0.25, 0.3) is 0 Å². The molecule has 0 N–H and O–H groups in total. The Morgan fingerprint density at radius 2 is 0.537 bits per heavy atom. The Labute approximate surface area is 242 Å². The summed E-state index contributed by atoms with van der Waals surface area (Å²) in [7, 11) is -19.3. The topological polar surface area (TPSA) is 137 Å². The molecule has 0 aromatic heterocycles. The minimum atomic E-state index is -4.83. The highest BCUT2D eigenvalue weighted by Crippen LogP contribution is 2.79. The van der Waals surface area contributed by atoms with Gasteiger partial charge in [0.2, 0.25) is 37.8 Å². The van der Waals surface area contributed by atoms with Crippen molar-refractivity contribution < 1.29 is 33.7 Å². The molecule has 0 fully saturated rings. The van der Waals surface area contributed by atoms with Gasteiger partial charge in [0, 0.05) is 0 Å². The zero-order chi connectivity index (χ0) is 30.1. The Balaban J connectivity index is 2.12. The second-order valence-electron chi connectivity index (χ2n) is 9.16. The van der Waals surface area contributed by atoms with Crippen LogP contribution in [0.5, 0.6) is 0 Å². The summed E-state index contributed by atoms with van der Waals surface area (Å²) in [5.74, 6) is 0. The van der Waals surface area contributed by atoms with Crippen LogP contribution in [0.1, 0.15) is 13.8 Å². The lowest BCUT2D eigenvalue weighted by Gasteiger charge is -2.38. The quantitative estimate of drug-likeness (QED) is 0.181. The molecule has 0 amide bonds. The highest BCUT2D eigenvalue weighted by atomic mass is 33.1. The van der Waals surface area contributed by atoms with Gasteiger partial charge in [-0.15, -0.1) is 0 Å². The van der Waals surface area contributed by atoms with Gasteiger partial charge in [-0.2, -0.15) is 0 Å². The van der Waals surface area contributed by atoms with Gasteiger partial charge in [0.05, 0.1) is 24.5 Å². The summed E-state index contributed by atoms with van der Waals surface area (Å²) in [6.45, 7) is 2.23. The maximum atomic E-state index is 14.3. The molecule has 0 heterocycles. The molecule has 8 nitrogen and oxygen atoms in total. The van der Waals surface area contributed by atoms with Crippen LogP contribution in [0.15, 0.2) is 141 Å². The number of benzene rings is 4. The fourth-order valence-corrected chi connectivity index (χ4v) is 39.2. The zero-order valence-electron chi connectivity index (χ0n) is 21.8. The van der Waals surface area contributed by atoms with E-state index < -0.39 is 55.4 Å². The summed E-state index contributed by atoms with van der Waals surface area (Å²) >= 11 is 0. The predicted octanol–water partition coefficient (Wildman–Crippen LogP) is 6.24. The first kappa shape index (κ1) is 31.5. The Kier molecular flexibility index (Phi) is 8.96. The fraction of sp³-hybridized carbons (Fsp3) is 0.111. The number of hydrogen-bond donors (Lipinski definition) is 0. The van der Waals surface area contributed by atoms with E-state index in [1.807, 2.05) is 0 Å². The third kappa shape index (κ3) is 5.91. The van der Waals surface area contributed by atoms with Gasteiger partial charge in [0.15, 0.2) is 12.7 Å². The number of rotatable bonds is 10. The lowest BCUT2D eigenvalue weighted by Crippen LogP contribution is -2.30. The molecule has 4 aromatic rings. The summed E-state index contributed by atoms with van der Waals surface area (Å²) in [5.41, 5.74) is 0. The van der Waals surface area contributed by atoms with Gasteiger partial charge in [-0.05, 0) is 62.4 Å². The average Bonchev–Trinajstić information content (AvgIpc) is 2.94. The Bertz CT molecular complexity index is 1670. The highest BCUT2D eigenvalue weighted by Gasteiger charge is 2.62. The monoisotopic (exact) mass is 668 g/mol. The molecule has 0 aliphatic carbocycles. The van der Waals surface area contributed by atoms with Gasteiger partial charge in [-0.1, -0.05) is 72.8 Å². The second-order valence-corrected chi connectivity index (χ2v) is 30.0. The fourth-order valence-electron chi connectivity index (χ4n) is 4.25. The van der Waals surface area contributed by atoms with E-state index >= 15 is 0 Å². The molecule has 4 rings (SSSR count). The van der Waals surface area contributed by atoms with Crippen LogP contribution in [-0.2, 0) is 37.8 Å². The SMILES string of the molecule is CC(C)(P(S(=O)(=O)c1ccccc1)S(=O)(=O)c1ccccc1)P(S(=O)(=O)c1ccccc1)S(=O)(=O)c1ccccc1. The van der Waals surface area contributed by atoms with E-state index in [1.54, 1.807) is 24.3 Å². The van der Waals surface area contributed by atoms with Gasteiger partial charge >= 0.3 is 0 Å². The van der Waals surface area contributed by atoms with E-state index in [1.165, 1.54) is 97.1 Å². The molecular weight excluding hydrogens is 643 g/mol. The zero-order valence-corrected chi connectivity index (χ0v) is 26.9. The molecule has 0 saturated carbocycles. The largest absolute Gasteiger partial charge is 0.218 e. The van der Waals surface area contributed by atoms with Crippen molar-refractivity contribution in [3.05, 3.63) is 121 Å². The van der Waals surface area contributed by atoms with Gasteiger partial charge < -0.3 is 0 Å². The highest BCUT2D eigenvalue weighted by molar-refractivity contribution is 8.89. The second kappa shape index (κ2) is 11.7. The molecule has 0 saturated heterocycles. The third-order valence-corrected chi connectivity index (χ3v) is 36.1. The van der Waals surface area contributed by atoms with Crippen LogP contribution in [-0.4, -0.2) is 38.6 Å². The minimum absolute atomic E-state index is 0.358. The first-order chi connectivity index (χ1) is 19.2. The normalized spacial score (nSPS) is 13.4. The summed E-state index contributed by atoms with van der Waals surface area (Å²) in [6.07, 6.45) is -6.95. The maximum Gasteiger partial charge on any atom is 0.211 e. The lowest BCUT2D eigenvalue weighted by atomic mass is 10.4. The summed E-state index contributed by atoms with van der Waals surface area (Å²) < 4.78 is 114. The predicted molar refractivity (Wildman–Crippen MR) is 162 cm³/mol. The van der Waals surface area contributed by atoms with Crippen LogP contribution in [0.2, 0.25) is 0 Å². The van der Waals surface area contributed by atoms with Crippen molar-refractivity contribution in [3.63, 3.8) is 0 Å². The molecule has 41 heavy (non-hydrogen) atoms. The summed E-state index contributed by atoms with van der Waals surface area (Å²) in [5, 5.41) is 0. The van der Waals surface area contributed by atoms with Crippen LogP contribution < -0.4 is 0 Å². The van der Waals surface area contributed by atoms with E-state index in [0.717, 1.165) is 13.8 Å². The molecule has 0 unspecified atom stereocenters. The lowest BCUT2D eigenvalue weighted by molar-refractivity contribution is 0.604. The number of hydrogen-bond acceptors (Lipinski definition) is 8. The van der Waals surface area contributed by atoms with Crippen molar-refractivity contribution in [3.8, 4) is 0 Å². The smallest absolute Gasteiger partial charge is 0.211 e. The third-order valence-electron chi connectivity index (χ3n) is 5.93. The van der Waals surface area contributed by atoms with E-state index in [-0.39, 0.29) is 19.6 Å². The van der Waals surface area contributed by atoms with Gasteiger partial charge in [0.25, 0.3) is 0 Å². The van der Waals surface area contributed by atoms with Crippen molar-refractivity contribution in [2.75, 3.05) is 0 Å². The molecule has 0 atom stereocenters. The molecular formula is C27H26O8P2S4. The molecule has 0 spiro atoms. The van der Waals surface area contributed by atoms with E-state index in [4.69, 9.17) is 0 Å². The van der Waals surface area contributed by atoms with Crippen molar-refractivity contribution >= 4 is 50.5 Å². The summed E-state index contributed by atoms with van der Waals surface area (Å²) in [4.78, 5) is -3.77. The van der Waals surface area contributed by atoms with Crippen molar-refractivity contribution in [1.29, 1.82) is 0 Å². The van der Waals surface area contributed by atoms with Gasteiger partial charge in [-0.3, -0.25) is 0 Å². The van der Waals surface area contributed by atoms with E-state index in [0.29, 0.717) is 0 Å². The van der Waals surface area contributed by atoms with Crippen LogP contribution >= 0.6 is 12.7 Å². The molecule has 0 aliphatic rings. The van der Waals surface area contributed by atoms with Crippen LogP contribution in [0.3, 0.4) is 0 Å². The molecule has 4 aromatic carbocycles. The van der Waals surface area contributed by atoms with E-state index in [9.17, 15) is 33.7 Å². The average molecular weight is 669 g/mol. The van der Waals surface area contributed by atoms with Crippen molar-refractivity contribution in [1.82, 2.24) is 0 Å². The first-order valence-electron chi connectivity index (χ1n) is 12.0. The Morgan fingerprint density at radius 1 is 0.366 bits per heavy atom. The molecule has 216 valence electrons. The summed E-state index contributed by atoms with van der Waals surface area (Å²) in [6, 6.07) is 27.1. The minimum Gasteiger partial charge on any atom is -0.218 e. The van der Waals surface area contributed by atoms with Crippen molar-refractivity contribution in [2.24, 2.45) is 0 Å². The van der Waals surface area contributed by atoms with Crippen molar-refractivity contribution in [2.45, 2.75) is 38.3 Å². The van der Waals surface area contributed by atoms with Gasteiger partial charge in [-0.25, -0.2) is 33.7 Å². The standard InChI is InChI=1S/C27H26O8P2S4/c1-27(2,36(38(28,29)23-15-7-3-8-16-23)39(30,31)24-17-9-4-10-18-24)37(40(32,33)25-19-11-5-12-20-25)41(34,35)26-21-13-6-14-22-26/h3-22H,1-2H3. The van der Waals surface area contributed by atoms with E-state index in [2.05, 4.69) is 0 Å². The maximum absolute atomic E-state index is 14.3. The van der Waals surface area contributed by atoms with Crippen LogP contribution in [0, 0.1) is 0 Å². The van der Waals surface area contributed by atoms with Gasteiger partial charge in [0.1, 0.15) is 0 Å². The Hall–Kier alpha value is -2.46.